The fraction of sp³-hybridized carbons (Fsp3) is 0.0556. The van der Waals surface area contributed by atoms with Gasteiger partial charge in [0, 0.05) is 18.9 Å². The van der Waals surface area contributed by atoms with Gasteiger partial charge in [0.1, 0.15) is 11.6 Å². The van der Waals surface area contributed by atoms with Crippen molar-refractivity contribution < 1.29 is 4.39 Å². The van der Waals surface area contributed by atoms with Crippen molar-refractivity contribution in [2.75, 3.05) is 5.32 Å². The van der Waals surface area contributed by atoms with Gasteiger partial charge in [0.25, 0.3) is 0 Å². The number of nitrogens with one attached hydrogen (secondary N) is 2. The van der Waals surface area contributed by atoms with Crippen LogP contribution in [0.2, 0.25) is 0 Å². The van der Waals surface area contributed by atoms with Crippen molar-refractivity contribution in [2.24, 2.45) is 0 Å². The third-order valence-electron chi connectivity index (χ3n) is 3.66. The molecule has 0 saturated heterocycles. The highest BCUT2D eigenvalue weighted by atomic mass is 19.1. The van der Waals surface area contributed by atoms with E-state index >= 15 is 0 Å². The molecule has 0 fully saturated rings. The molecule has 0 unspecified atom stereocenters. The summed E-state index contributed by atoms with van der Waals surface area (Å²) < 4.78 is 13.2. The number of hydrogen-bond acceptors (Lipinski definition) is 4. The van der Waals surface area contributed by atoms with E-state index in [0.717, 1.165) is 11.1 Å². The Morgan fingerprint density at radius 2 is 1.79 bits per heavy atom. The van der Waals surface area contributed by atoms with E-state index in [9.17, 15) is 4.39 Å². The van der Waals surface area contributed by atoms with Crippen LogP contribution in [0.1, 0.15) is 5.56 Å². The maximum atomic E-state index is 13.2. The summed E-state index contributed by atoms with van der Waals surface area (Å²) in [6.07, 6.45) is 3.38. The fourth-order valence-electron chi connectivity index (χ4n) is 2.44. The molecule has 0 atom stereocenters. The lowest BCUT2D eigenvalue weighted by molar-refractivity contribution is 0.629. The van der Waals surface area contributed by atoms with Crippen molar-refractivity contribution in [3.63, 3.8) is 0 Å². The van der Waals surface area contributed by atoms with Crippen molar-refractivity contribution in [1.82, 2.24) is 19.9 Å². The van der Waals surface area contributed by atoms with Crippen LogP contribution in [0.3, 0.4) is 0 Å². The van der Waals surface area contributed by atoms with Crippen LogP contribution >= 0.6 is 0 Å². The Balaban J connectivity index is 1.52. The van der Waals surface area contributed by atoms with Gasteiger partial charge < -0.3 is 10.3 Å². The first-order chi connectivity index (χ1) is 11.8. The van der Waals surface area contributed by atoms with Crippen LogP contribution in [0.5, 0.6) is 0 Å². The molecule has 4 aromatic rings. The van der Waals surface area contributed by atoms with Crippen LogP contribution in [-0.4, -0.2) is 19.9 Å². The quantitative estimate of drug-likeness (QED) is 0.601. The normalized spacial score (nSPS) is 10.9. The molecule has 0 spiro atoms. The number of benzene rings is 2. The van der Waals surface area contributed by atoms with E-state index in [2.05, 4.69) is 25.3 Å². The zero-order valence-corrected chi connectivity index (χ0v) is 12.7. The van der Waals surface area contributed by atoms with Crippen molar-refractivity contribution in [3.8, 4) is 11.4 Å². The third-order valence-corrected chi connectivity index (χ3v) is 3.66. The highest BCUT2D eigenvalue weighted by Crippen LogP contribution is 2.20. The van der Waals surface area contributed by atoms with Crippen molar-refractivity contribution >= 4 is 17.0 Å². The molecule has 2 aromatic heterocycles. The highest BCUT2D eigenvalue weighted by Gasteiger charge is 2.07. The number of aromatic nitrogens is 4. The number of aromatic amines is 1. The average Bonchev–Trinajstić information content (AvgIpc) is 3.04. The fourth-order valence-corrected chi connectivity index (χ4v) is 2.44. The summed E-state index contributed by atoms with van der Waals surface area (Å²) in [6, 6.07) is 14.5. The number of halogens is 1. The molecule has 5 nitrogen and oxygen atoms in total. The topological polar surface area (TPSA) is 66.5 Å². The molecule has 0 aliphatic rings. The molecule has 118 valence electrons. The van der Waals surface area contributed by atoms with Crippen LogP contribution in [0.15, 0.2) is 60.9 Å². The van der Waals surface area contributed by atoms with Crippen LogP contribution < -0.4 is 5.32 Å². The molecule has 2 heterocycles. The molecule has 0 bridgehead atoms. The van der Waals surface area contributed by atoms with E-state index in [1.165, 1.54) is 12.1 Å². The number of anilines is 1. The zero-order valence-electron chi connectivity index (χ0n) is 12.7. The highest BCUT2D eigenvalue weighted by molar-refractivity contribution is 5.79. The van der Waals surface area contributed by atoms with E-state index in [1.807, 2.05) is 30.3 Å². The molecule has 6 heteroatoms. The smallest absolute Gasteiger partial charge is 0.222 e. The van der Waals surface area contributed by atoms with E-state index in [1.54, 1.807) is 18.5 Å². The monoisotopic (exact) mass is 319 g/mol. The summed E-state index contributed by atoms with van der Waals surface area (Å²) in [5, 5.41) is 3.17. The number of rotatable bonds is 4. The minimum Gasteiger partial charge on any atom is -0.350 e. The summed E-state index contributed by atoms with van der Waals surface area (Å²) in [4.78, 5) is 16.1. The Labute approximate surface area is 137 Å². The minimum atomic E-state index is -0.297. The molecule has 0 aliphatic carbocycles. The van der Waals surface area contributed by atoms with Crippen molar-refractivity contribution in [1.29, 1.82) is 0 Å². The van der Waals surface area contributed by atoms with E-state index in [-0.39, 0.29) is 5.82 Å². The molecular weight excluding hydrogens is 305 g/mol. The Bertz CT molecular complexity index is 964. The van der Waals surface area contributed by atoms with Gasteiger partial charge in [-0.05, 0) is 23.8 Å². The van der Waals surface area contributed by atoms with Gasteiger partial charge in [0.15, 0.2) is 0 Å². The second-order valence-corrected chi connectivity index (χ2v) is 5.38. The molecular formula is C18H14FN5. The second-order valence-electron chi connectivity index (χ2n) is 5.38. The Morgan fingerprint density at radius 3 is 2.58 bits per heavy atom. The summed E-state index contributed by atoms with van der Waals surface area (Å²) in [5.41, 5.74) is 3.26. The van der Waals surface area contributed by atoms with E-state index in [4.69, 9.17) is 0 Å². The van der Waals surface area contributed by atoms with Gasteiger partial charge in [-0.3, -0.25) is 0 Å². The van der Waals surface area contributed by atoms with Crippen LogP contribution in [0.4, 0.5) is 10.3 Å². The SMILES string of the molecule is Fc1ccc2nc(-c3cnc(NCc4ccccc4)nc3)[nH]c2c1. The number of H-pyrrole nitrogens is 1. The lowest BCUT2D eigenvalue weighted by Crippen LogP contribution is -2.03. The lowest BCUT2D eigenvalue weighted by Gasteiger charge is -2.04. The van der Waals surface area contributed by atoms with E-state index in [0.29, 0.717) is 29.4 Å². The van der Waals surface area contributed by atoms with Gasteiger partial charge in [-0.15, -0.1) is 0 Å². The lowest BCUT2D eigenvalue weighted by atomic mass is 10.2. The van der Waals surface area contributed by atoms with Gasteiger partial charge in [0.05, 0.1) is 16.6 Å². The summed E-state index contributed by atoms with van der Waals surface area (Å²) in [5.74, 6) is 0.865. The van der Waals surface area contributed by atoms with Crippen molar-refractivity contribution in [3.05, 3.63) is 72.3 Å². The van der Waals surface area contributed by atoms with Crippen LogP contribution in [0, 0.1) is 5.82 Å². The second kappa shape index (κ2) is 6.08. The molecule has 0 saturated carbocycles. The predicted molar refractivity (Wildman–Crippen MR) is 90.8 cm³/mol. The number of nitrogens with zero attached hydrogens (tertiary/aromatic N) is 3. The largest absolute Gasteiger partial charge is 0.350 e. The average molecular weight is 319 g/mol. The van der Waals surface area contributed by atoms with Gasteiger partial charge in [0.2, 0.25) is 5.95 Å². The van der Waals surface area contributed by atoms with Gasteiger partial charge in [-0.25, -0.2) is 19.3 Å². The number of fused-ring (bicyclic) bond motifs is 1. The molecule has 2 N–H and O–H groups in total. The Morgan fingerprint density at radius 1 is 1.00 bits per heavy atom. The zero-order chi connectivity index (χ0) is 16.4. The minimum absolute atomic E-state index is 0.297. The number of imidazole rings is 1. The maximum Gasteiger partial charge on any atom is 0.222 e. The molecule has 0 aliphatic heterocycles. The number of hydrogen-bond donors (Lipinski definition) is 2. The van der Waals surface area contributed by atoms with Gasteiger partial charge in [-0.2, -0.15) is 0 Å². The standard InChI is InChI=1S/C18H14FN5/c19-14-6-7-15-16(8-14)24-17(23-15)13-10-21-18(22-11-13)20-9-12-4-2-1-3-5-12/h1-8,10-11H,9H2,(H,23,24)(H,20,21,22). The third kappa shape index (κ3) is 2.94. The van der Waals surface area contributed by atoms with Crippen LogP contribution in [0.25, 0.3) is 22.4 Å². The summed E-state index contributed by atoms with van der Waals surface area (Å²) >= 11 is 0. The first-order valence-corrected chi connectivity index (χ1v) is 7.53. The summed E-state index contributed by atoms with van der Waals surface area (Å²) in [6.45, 7) is 0.657. The molecule has 24 heavy (non-hydrogen) atoms. The molecule has 4 rings (SSSR count). The van der Waals surface area contributed by atoms with Crippen molar-refractivity contribution in [2.45, 2.75) is 6.54 Å². The Hall–Kier alpha value is -3.28. The van der Waals surface area contributed by atoms with Gasteiger partial charge in [-0.1, -0.05) is 30.3 Å². The van der Waals surface area contributed by atoms with Crippen LogP contribution in [-0.2, 0) is 6.54 Å². The molecule has 0 radical (unpaired) electrons. The van der Waals surface area contributed by atoms with Gasteiger partial charge >= 0.3 is 0 Å². The molecule has 0 amide bonds. The molecule has 2 aromatic carbocycles. The first-order valence-electron chi connectivity index (χ1n) is 7.53. The Kier molecular flexibility index (Phi) is 3.63. The summed E-state index contributed by atoms with van der Waals surface area (Å²) in [7, 11) is 0. The first kappa shape index (κ1) is 14.3. The maximum absolute atomic E-state index is 13.2. The predicted octanol–water partition coefficient (Wildman–Crippen LogP) is 3.77. The van der Waals surface area contributed by atoms with E-state index < -0.39 is 0 Å².